The molecule has 0 bridgehead atoms. The van der Waals surface area contributed by atoms with Crippen molar-refractivity contribution in [3.05, 3.63) is 87.1 Å². The van der Waals surface area contributed by atoms with Gasteiger partial charge in [0.2, 0.25) is 5.75 Å². The Balaban J connectivity index is 1.83. The Bertz CT molecular complexity index is 1360. The molecule has 0 aliphatic carbocycles. The molecular formula is C22H21ClN6O4. The number of carbonyl (C=O) groups excluding carboxylic acids is 1. The number of aryl methyl sites for hydroxylation is 1. The molecule has 33 heavy (non-hydrogen) atoms. The molecule has 1 amide bonds. The average Bonchev–Trinajstić information content (AvgIpc) is 3.45. The topological polar surface area (TPSA) is 128 Å². The van der Waals surface area contributed by atoms with Gasteiger partial charge in [-0.05, 0) is 24.1 Å². The van der Waals surface area contributed by atoms with Gasteiger partial charge in [0.25, 0.3) is 11.5 Å². The van der Waals surface area contributed by atoms with E-state index in [9.17, 15) is 14.7 Å². The van der Waals surface area contributed by atoms with Gasteiger partial charge in [0.05, 0.1) is 18.4 Å². The first-order valence-corrected chi connectivity index (χ1v) is 10.4. The molecule has 2 atom stereocenters. The minimum absolute atomic E-state index is 0.262. The second kappa shape index (κ2) is 8.91. The van der Waals surface area contributed by atoms with Gasteiger partial charge < -0.3 is 14.9 Å². The third-order valence-corrected chi connectivity index (χ3v) is 5.67. The lowest BCUT2D eigenvalue weighted by atomic mass is 9.93. The van der Waals surface area contributed by atoms with Crippen molar-refractivity contribution in [3.63, 3.8) is 0 Å². The van der Waals surface area contributed by atoms with E-state index in [1.807, 2.05) is 38.2 Å². The van der Waals surface area contributed by atoms with Gasteiger partial charge >= 0.3 is 0 Å². The lowest BCUT2D eigenvalue weighted by molar-refractivity contribution is 0.101. The third kappa shape index (κ3) is 4.24. The number of aromatic nitrogens is 5. The molecule has 0 aliphatic heterocycles. The number of carbonyl (C=O) groups is 1. The fraction of sp³-hybridized carbons (Fsp3) is 0.227. The van der Waals surface area contributed by atoms with Gasteiger partial charge in [0.1, 0.15) is 17.8 Å². The lowest BCUT2D eigenvalue weighted by Gasteiger charge is -2.27. The zero-order valence-electron chi connectivity index (χ0n) is 18.1. The first kappa shape index (κ1) is 22.3. The van der Waals surface area contributed by atoms with Crippen LogP contribution in [0.4, 0.5) is 5.69 Å². The van der Waals surface area contributed by atoms with Crippen LogP contribution in [0, 0.1) is 6.92 Å². The summed E-state index contributed by atoms with van der Waals surface area (Å²) in [5, 5.41) is 21.3. The van der Waals surface area contributed by atoms with Crippen LogP contribution in [0.2, 0.25) is 5.02 Å². The van der Waals surface area contributed by atoms with Crippen molar-refractivity contribution in [2.75, 3.05) is 5.32 Å². The maximum Gasteiger partial charge on any atom is 0.296 e. The van der Waals surface area contributed by atoms with Crippen molar-refractivity contribution in [1.82, 2.24) is 24.5 Å². The van der Waals surface area contributed by atoms with Crippen LogP contribution in [0.25, 0.3) is 0 Å². The largest absolute Gasteiger partial charge is 0.501 e. The van der Waals surface area contributed by atoms with Gasteiger partial charge in [-0.15, -0.1) is 0 Å². The molecule has 0 fully saturated rings. The highest BCUT2D eigenvalue weighted by Crippen LogP contribution is 2.36. The van der Waals surface area contributed by atoms with Crippen LogP contribution in [0.5, 0.6) is 5.75 Å². The molecule has 0 saturated carbocycles. The SMILES string of the molecule is Cc1cnn([C@@H](c2ccccc2Cl)[C@H](C)c2nc(C(=O)Nc3cnoc3)c(O)c(=O)n2C)c1. The highest BCUT2D eigenvalue weighted by Gasteiger charge is 2.31. The zero-order chi connectivity index (χ0) is 23.7. The number of aromatic hydroxyl groups is 1. The minimum atomic E-state index is -0.772. The molecule has 0 radical (unpaired) electrons. The zero-order valence-corrected chi connectivity index (χ0v) is 18.8. The van der Waals surface area contributed by atoms with Gasteiger partial charge in [-0.3, -0.25) is 18.8 Å². The highest BCUT2D eigenvalue weighted by molar-refractivity contribution is 6.31. The maximum atomic E-state index is 12.8. The Kier molecular flexibility index (Phi) is 6.01. The molecule has 11 heteroatoms. The number of nitrogens with one attached hydrogen (secondary N) is 1. The molecule has 0 spiro atoms. The summed E-state index contributed by atoms with van der Waals surface area (Å²) >= 11 is 6.52. The number of anilines is 1. The van der Waals surface area contributed by atoms with E-state index in [1.54, 1.807) is 16.9 Å². The van der Waals surface area contributed by atoms with E-state index in [4.69, 9.17) is 16.1 Å². The Morgan fingerprint density at radius 2 is 2.03 bits per heavy atom. The highest BCUT2D eigenvalue weighted by atomic mass is 35.5. The number of benzene rings is 1. The average molecular weight is 469 g/mol. The van der Waals surface area contributed by atoms with Gasteiger partial charge in [-0.1, -0.05) is 41.9 Å². The molecule has 3 heterocycles. The van der Waals surface area contributed by atoms with Crippen molar-refractivity contribution in [2.24, 2.45) is 7.05 Å². The van der Waals surface area contributed by atoms with E-state index in [1.165, 1.54) is 24.1 Å². The van der Waals surface area contributed by atoms with Crippen LogP contribution in [0.3, 0.4) is 0 Å². The molecular weight excluding hydrogens is 448 g/mol. The van der Waals surface area contributed by atoms with Gasteiger partial charge in [0, 0.05) is 24.2 Å². The van der Waals surface area contributed by atoms with Crippen LogP contribution >= 0.6 is 11.6 Å². The molecule has 170 valence electrons. The second-order valence-corrected chi connectivity index (χ2v) is 8.06. The number of hydrogen-bond donors (Lipinski definition) is 2. The number of hydrogen-bond acceptors (Lipinski definition) is 7. The molecule has 3 aromatic heterocycles. The molecule has 1 aromatic carbocycles. The number of rotatable bonds is 6. The van der Waals surface area contributed by atoms with Crippen LogP contribution in [0.15, 0.2) is 58.4 Å². The smallest absolute Gasteiger partial charge is 0.296 e. The van der Waals surface area contributed by atoms with Crippen molar-refractivity contribution in [2.45, 2.75) is 25.8 Å². The molecule has 0 aliphatic rings. The van der Waals surface area contributed by atoms with Gasteiger partial charge in [-0.2, -0.15) is 5.10 Å². The van der Waals surface area contributed by atoms with Crippen molar-refractivity contribution in [1.29, 1.82) is 0 Å². The van der Waals surface area contributed by atoms with E-state index < -0.39 is 34.9 Å². The van der Waals surface area contributed by atoms with E-state index in [-0.39, 0.29) is 11.5 Å². The summed E-state index contributed by atoms with van der Waals surface area (Å²) < 4.78 is 7.66. The number of nitrogens with zero attached hydrogens (tertiary/aromatic N) is 5. The standard InChI is InChI=1S/C22H21ClN6O4/c1-12-8-24-29(10-12)18(15-6-4-5-7-16(15)23)13(2)20-27-17(19(30)22(32)28(20)3)21(31)26-14-9-25-33-11-14/h4-11,13,18,30H,1-3H3,(H,26,31)/t13-,18+/m0/s1. The molecule has 4 rings (SSSR count). The second-order valence-electron chi connectivity index (χ2n) is 7.65. The van der Waals surface area contributed by atoms with Gasteiger partial charge in [-0.25, -0.2) is 4.98 Å². The fourth-order valence-corrected chi connectivity index (χ4v) is 3.96. The summed E-state index contributed by atoms with van der Waals surface area (Å²) in [6.07, 6.45) is 6.08. The Morgan fingerprint density at radius 1 is 1.27 bits per heavy atom. The van der Waals surface area contributed by atoms with Crippen LogP contribution in [-0.2, 0) is 7.05 Å². The Labute approximate surface area is 193 Å². The van der Waals surface area contributed by atoms with Gasteiger partial charge in [0.15, 0.2) is 5.69 Å². The van der Waals surface area contributed by atoms with Crippen molar-refractivity contribution >= 4 is 23.2 Å². The normalized spacial score (nSPS) is 13.0. The fourth-order valence-electron chi connectivity index (χ4n) is 3.71. The molecule has 2 N–H and O–H groups in total. The van der Waals surface area contributed by atoms with E-state index in [0.717, 1.165) is 11.1 Å². The Hall–Kier alpha value is -3.92. The number of halogens is 1. The first-order chi connectivity index (χ1) is 15.8. The van der Waals surface area contributed by atoms with E-state index in [2.05, 4.69) is 20.6 Å². The molecule has 0 unspecified atom stereocenters. The van der Waals surface area contributed by atoms with Crippen LogP contribution < -0.4 is 10.9 Å². The van der Waals surface area contributed by atoms with E-state index >= 15 is 0 Å². The number of amides is 1. The summed E-state index contributed by atoms with van der Waals surface area (Å²) in [5.74, 6) is -1.73. The van der Waals surface area contributed by atoms with Crippen LogP contribution in [-0.4, -0.2) is 35.5 Å². The molecule has 4 aromatic rings. The predicted octanol–water partition coefficient (Wildman–Crippen LogP) is 3.28. The quantitative estimate of drug-likeness (QED) is 0.444. The molecule has 10 nitrogen and oxygen atoms in total. The third-order valence-electron chi connectivity index (χ3n) is 5.33. The summed E-state index contributed by atoms with van der Waals surface area (Å²) in [4.78, 5) is 29.9. The van der Waals surface area contributed by atoms with Crippen LogP contribution in [0.1, 0.15) is 46.3 Å². The lowest BCUT2D eigenvalue weighted by Crippen LogP contribution is -2.30. The molecule has 0 saturated heterocycles. The Morgan fingerprint density at radius 3 is 2.67 bits per heavy atom. The summed E-state index contributed by atoms with van der Waals surface area (Å²) in [6, 6.07) is 6.89. The van der Waals surface area contributed by atoms with E-state index in [0.29, 0.717) is 5.02 Å². The van der Waals surface area contributed by atoms with Crippen molar-refractivity contribution < 1.29 is 14.4 Å². The summed E-state index contributed by atoms with van der Waals surface area (Å²) in [6.45, 7) is 3.77. The first-order valence-electron chi connectivity index (χ1n) is 10.0. The van der Waals surface area contributed by atoms with Crippen molar-refractivity contribution in [3.8, 4) is 5.75 Å². The summed E-state index contributed by atoms with van der Waals surface area (Å²) in [5.41, 5.74) is 0.818. The maximum absolute atomic E-state index is 12.8. The minimum Gasteiger partial charge on any atom is -0.501 e. The predicted molar refractivity (Wildman–Crippen MR) is 121 cm³/mol. The monoisotopic (exact) mass is 468 g/mol. The summed E-state index contributed by atoms with van der Waals surface area (Å²) in [7, 11) is 1.49.